The molecule has 10 nitrogen and oxygen atoms in total. The maximum atomic E-state index is 12.4. The maximum Gasteiger partial charge on any atom is 0.471 e. The lowest BCUT2D eigenvalue weighted by Gasteiger charge is -2.35. The van der Waals surface area contributed by atoms with Crippen molar-refractivity contribution in [1.82, 2.24) is 15.5 Å². The normalized spacial score (nSPS) is 16.9. The van der Waals surface area contributed by atoms with Gasteiger partial charge in [0.1, 0.15) is 5.84 Å². The van der Waals surface area contributed by atoms with Crippen LogP contribution in [0.15, 0.2) is 23.9 Å². The van der Waals surface area contributed by atoms with E-state index in [1.54, 1.807) is 0 Å². The molecule has 0 spiro atoms. The molecule has 2 heterocycles. The molecular weight excluding hydrogens is 455 g/mol. The lowest BCUT2D eigenvalue weighted by Crippen LogP contribution is -2.55. The van der Waals surface area contributed by atoms with Crippen LogP contribution in [0.4, 0.5) is 13.2 Å². The molecule has 0 bridgehead atoms. The molecule has 5 N–H and O–H groups in total. The molecule has 1 atom stereocenters. The van der Waals surface area contributed by atoms with Crippen molar-refractivity contribution in [3.8, 4) is 0 Å². The zero-order valence-electron chi connectivity index (χ0n) is 16.7. The van der Waals surface area contributed by atoms with E-state index in [4.69, 9.17) is 15.9 Å². The molecular formula is C18H20F3N5O5S. The van der Waals surface area contributed by atoms with Crippen molar-refractivity contribution in [2.45, 2.75) is 19.1 Å². The third-order valence-corrected chi connectivity index (χ3v) is 5.23. The number of nitrogens with two attached hydrogens (primary N) is 1. The molecule has 1 aliphatic heterocycles. The van der Waals surface area contributed by atoms with Gasteiger partial charge in [0, 0.05) is 24.9 Å². The second kappa shape index (κ2) is 10.4. The molecule has 3 amide bonds. The van der Waals surface area contributed by atoms with E-state index < -0.39 is 41.6 Å². The Labute approximate surface area is 184 Å². The van der Waals surface area contributed by atoms with Crippen LogP contribution in [0.5, 0.6) is 0 Å². The number of carbonyl (C=O) groups excluding carboxylic acids is 4. The fourth-order valence-corrected chi connectivity index (χ4v) is 3.47. The number of rotatable bonds is 6. The number of hydrogen-bond donors (Lipinski definition) is 4. The summed E-state index contributed by atoms with van der Waals surface area (Å²) >= 11 is 0.701. The summed E-state index contributed by atoms with van der Waals surface area (Å²) in [6.07, 6.45) is -4.14. The highest BCUT2D eigenvalue weighted by Gasteiger charge is 2.39. The van der Waals surface area contributed by atoms with E-state index >= 15 is 0 Å². The topological polar surface area (TPSA) is 155 Å². The summed E-state index contributed by atoms with van der Waals surface area (Å²) in [5.41, 5.74) is 5.60. The molecule has 1 aromatic rings. The summed E-state index contributed by atoms with van der Waals surface area (Å²) in [7, 11) is 0. The van der Waals surface area contributed by atoms with Gasteiger partial charge in [-0.2, -0.15) is 13.2 Å². The van der Waals surface area contributed by atoms with Crippen LogP contribution in [0.1, 0.15) is 21.5 Å². The lowest BCUT2D eigenvalue weighted by molar-refractivity contribution is -0.171. The number of halogens is 3. The van der Waals surface area contributed by atoms with Gasteiger partial charge in [0.15, 0.2) is 0 Å². The van der Waals surface area contributed by atoms with Crippen LogP contribution in [-0.4, -0.2) is 72.8 Å². The Morgan fingerprint density at radius 1 is 1.31 bits per heavy atom. The van der Waals surface area contributed by atoms with Crippen LogP contribution in [0.3, 0.4) is 0 Å². The number of morpholine rings is 1. The molecule has 1 aliphatic rings. The zero-order chi connectivity index (χ0) is 24.1. The molecule has 2 rings (SSSR count). The first-order chi connectivity index (χ1) is 14.9. The van der Waals surface area contributed by atoms with Gasteiger partial charge in [0.2, 0.25) is 5.78 Å². The van der Waals surface area contributed by atoms with Crippen molar-refractivity contribution in [3.05, 3.63) is 33.7 Å². The first-order valence-corrected chi connectivity index (χ1v) is 9.93. The van der Waals surface area contributed by atoms with E-state index in [0.717, 1.165) is 6.08 Å². The molecule has 14 heteroatoms. The number of ether oxygens (including phenoxy) is 1. The fourth-order valence-electron chi connectivity index (χ4n) is 2.64. The van der Waals surface area contributed by atoms with E-state index in [9.17, 15) is 32.3 Å². The standard InChI is InChI=1S/C18H20F3N5O5S/c1-9(22)6-11(27)16(29)26-4-5-31-8-10(26)7-24-15(28)13-3-2-12(32-13)14(23)25-17(30)18(19,20)21/h2-3,6,10H,4-5,7-8,22H2,1H3,(H,24,28)(H2,23,25,30). The van der Waals surface area contributed by atoms with Gasteiger partial charge in [0.25, 0.3) is 11.8 Å². The van der Waals surface area contributed by atoms with Crippen LogP contribution < -0.4 is 16.4 Å². The van der Waals surface area contributed by atoms with Crippen LogP contribution in [0.25, 0.3) is 0 Å². The minimum Gasteiger partial charge on any atom is -0.402 e. The second-order valence-electron chi connectivity index (χ2n) is 6.68. The van der Waals surface area contributed by atoms with Crippen molar-refractivity contribution in [2.75, 3.05) is 26.3 Å². The van der Waals surface area contributed by atoms with Gasteiger partial charge < -0.3 is 26.0 Å². The summed E-state index contributed by atoms with van der Waals surface area (Å²) in [5, 5.41) is 11.5. The summed E-state index contributed by atoms with van der Waals surface area (Å²) in [5.74, 6) is -5.29. The number of nitrogens with zero attached hydrogens (tertiary/aromatic N) is 1. The smallest absolute Gasteiger partial charge is 0.402 e. The van der Waals surface area contributed by atoms with E-state index in [1.807, 2.05) is 0 Å². The highest BCUT2D eigenvalue weighted by molar-refractivity contribution is 7.16. The molecule has 174 valence electrons. The Hall–Kier alpha value is -3.26. The Kier molecular flexibility index (Phi) is 8.10. The minimum absolute atomic E-state index is 0.0555. The van der Waals surface area contributed by atoms with E-state index in [1.165, 1.54) is 29.3 Å². The summed E-state index contributed by atoms with van der Waals surface area (Å²) in [4.78, 5) is 48.9. The van der Waals surface area contributed by atoms with E-state index in [2.05, 4.69) is 5.32 Å². The monoisotopic (exact) mass is 475 g/mol. The number of amides is 3. The second-order valence-corrected chi connectivity index (χ2v) is 7.76. The first kappa shape index (κ1) is 25.0. The van der Waals surface area contributed by atoms with Crippen molar-refractivity contribution < 1.29 is 37.1 Å². The first-order valence-electron chi connectivity index (χ1n) is 9.11. The van der Waals surface area contributed by atoms with Gasteiger partial charge in [-0.1, -0.05) is 0 Å². The quantitative estimate of drug-likeness (QED) is 0.199. The highest BCUT2D eigenvalue weighted by atomic mass is 32.1. The van der Waals surface area contributed by atoms with E-state index in [0.29, 0.717) is 11.3 Å². The third kappa shape index (κ3) is 6.62. The summed E-state index contributed by atoms with van der Waals surface area (Å²) in [6, 6.07) is 1.88. The van der Waals surface area contributed by atoms with Gasteiger partial charge in [-0.15, -0.1) is 11.3 Å². The Bertz CT molecular complexity index is 955. The molecule has 1 saturated heterocycles. The Morgan fingerprint density at radius 3 is 2.59 bits per heavy atom. The lowest BCUT2D eigenvalue weighted by atomic mass is 10.2. The van der Waals surface area contributed by atoms with E-state index in [-0.39, 0.29) is 41.8 Å². The average Bonchev–Trinajstić information content (AvgIpc) is 3.21. The van der Waals surface area contributed by atoms with Crippen molar-refractivity contribution in [1.29, 1.82) is 5.41 Å². The van der Waals surface area contributed by atoms with Gasteiger partial charge in [0.05, 0.1) is 29.0 Å². The SMILES string of the molecule is CC(N)=CC(=O)C(=O)N1CCOCC1CNC(=O)c1ccc(C(=N)NC(=O)C(F)(F)F)s1. The number of nitrogens with one attached hydrogen (secondary N) is 3. The predicted octanol–water partition coefficient (Wildman–Crippen LogP) is 0.141. The van der Waals surface area contributed by atoms with Crippen LogP contribution >= 0.6 is 11.3 Å². The average molecular weight is 475 g/mol. The molecule has 32 heavy (non-hydrogen) atoms. The molecule has 0 aromatic carbocycles. The zero-order valence-corrected chi connectivity index (χ0v) is 17.6. The number of amidine groups is 1. The van der Waals surface area contributed by atoms with Gasteiger partial charge in [-0.3, -0.25) is 24.6 Å². The third-order valence-electron chi connectivity index (χ3n) is 4.13. The van der Waals surface area contributed by atoms with Gasteiger partial charge >= 0.3 is 12.1 Å². The number of thiophene rings is 1. The number of carbonyl (C=O) groups is 4. The molecule has 0 saturated carbocycles. The molecule has 1 fully saturated rings. The number of ketones is 1. The van der Waals surface area contributed by atoms with Crippen molar-refractivity contribution >= 4 is 40.7 Å². The summed E-state index contributed by atoms with van der Waals surface area (Å²) in [6.45, 7) is 1.84. The highest BCUT2D eigenvalue weighted by Crippen LogP contribution is 2.19. The summed E-state index contributed by atoms with van der Waals surface area (Å²) < 4.78 is 42.2. The number of hydrogen-bond acceptors (Lipinski definition) is 8. The predicted molar refractivity (Wildman–Crippen MR) is 107 cm³/mol. The van der Waals surface area contributed by atoms with Crippen LogP contribution in [-0.2, 0) is 19.1 Å². The number of alkyl halides is 3. The molecule has 0 radical (unpaired) electrons. The fraction of sp³-hybridized carbons (Fsp3) is 0.389. The minimum atomic E-state index is -5.14. The van der Waals surface area contributed by atoms with Gasteiger partial charge in [-0.05, 0) is 19.1 Å². The van der Waals surface area contributed by atoms with Crippen molar-refractivity contribution in [3.63, 3.8) is 0 Å². The molecule has 1 aromatic heterocycles. The number of allylic oxidation sites excluding steroid dienone is 1. The Balaban J connectivity index is 1.98. The maximum absolute atomic E-state index is 12.4. The van der Waals surface area contributed by atoms with Crippen molar-refractivity contribution in [2.24, 2.45) is 5.73 Å². The largest absolute Gasteiger partial charge is 0.471 e. The van der Waals surface area contributed by atoms with Crippen LogP contribution in [0.2, 0.25) is 0 Å². The molecule has 1 unspecified atom stereocenters. The van der Waals surface area contributed by atoms with Gasteiger partial charge in [-0.25, -0.2) is 0 Å². The Morgan fingerprint density at radius 2 is 1.97 bits per heavy atom. The van der Waals surface area contributed by atoms with Crippen LogP contribution in [0, 0.1) is 5.41 Å². The molecule has 0 aliphatic carbocycles.